The standard InChI is InChI=1S/C28H31N3O3/c1-17-9-8-10-22(13-17)28-26(20(4)32)18(2)31(19(3)27(28)21(5)33)15-23(34)14-30-16-29-24-11-6-7-12-25(24)30/h6-13,16,23,28,34H,14-15H2,1-5H3. The summed E-state index contributed by atoms with van der Waals surface area (Å²) in [4.78, 5) is 32.1. The molecule has 34 heavy (non-hydrogen) atoms. The van der Waals surface area contributed by atoms with Crippen LogP contribution in [0.15, 0.2) is 77.4 Å². The molecule has 1 N–H and O–H groups in total. The molecule has 1 unspecified atom stereocenters. The number of rotatable bonds is 7. The highest BCUT2D eigenvalue weighted by Crippen LogP contribution is 2.42. The van der Waals surface area contributed by atoms with Crippen LogP contribution in [0.2, 0.25) is 0 Å². The largest absolute Gasteiger partial charge is 0.389 e. The van der Waals surface area contributed by atoms with E-state index >= 15 is 0 Å². The Kier molecular flexibility index (Phi) is 6.53. The van der Waals surface area contributed by atoms with Crippen LogP contribution in [0.4, 0.5) is 0 Å². The van der Waals surface area contributed by atoms with Crippen molar-refractivity contribution in [2.24, 2.45) is 0 Å². The maximum atomic E-state index is 12.9. The van der Waals surface area contributed by atoms with Gasteiger partial charge in [0.15, 0.2) is 11.6 Å². The van der Waals surface area contributed by atoms with Gasteiger partial charge in [-0.25, -0.2) is 4.98 Å². The minimum Gasteiger partial charge on any atom is -0.389 e. The van der Waals surface area contributed by atoms with Crippen molar-refractivity contribution in [1.82, 2.24) is 14.5 Å². The number of hydrogen-bond acceptors (Lipinski definition) is 5. The van der Waals surface area contributed by atoms with Gasteiger partial charge in [0, 0.05) is 28.5 Å². The molecule has 2 aromatic carbocycles. The molecule has 0 fully saturated rings. The molecule has 0 saturated heterocycles. The third kappa shape index (κ3) is 4.33. The third-order valence-electron chi connectivity index (χ3n) is 6.63. The zero-order chi connectivity index (χ0) is 24.6. The first kappa shape index (κ1) is 23.6. The molecule has 0 amide bonds. The third-order valence-corrected chi connectivity index (χ3v) is 6.63. The Morgan fingerprint density at radius 1 is 0.941 bits per heavy atom. The van der Waals surface area contributed by atoms with Crippen molar-refractivity contribution in [3.8, 4) is 0 Å². The normalized spacial score (nSPS) is 15.9. The first-order valence-corrected chi connectivity index (χ1v) is 11.5. The molecule has 176 valence electrons. The van der Waals surface area contributed by atoms with E-state index in [2.05, 4.69) is 4.98 Å². The van der Waals surface area contributed by atoms with Gasteiger partial charge in [0.25, 0.3) is 0 Å². The highest BCUT2D eigenvalue weighted by Gasteiger charge is 2.37. The predicted octanol–water partition coefficient (Wildman–Crippen LogP) is 4.53. The Bertz CT molecular complexity index is 1290. The number of β-amino-alcohol motifs (C(OH)–C–C–N with tert-alkyl or cyclic N) is 1. The van der Waals surface area contributed by atoms with Gasteiger partial charge in [-0.1, -0.05) is 42.0 Å². The van der Waals surface area contributed by atoms with E-state index in [-0.39, 0.29) is 18.1 Å². The number of aromatic nitrogens is 2. The fraction of sp³-hybridized carbons (Fsp3) is 0.321. The Morgan fingerprint density at radius 2 is 1.59 bits per heavy atom. The van der Waals surface area contributed by atoms with E-state index in [4.69, 9.17) is 0 Å². The number of hydrogen-bond donors (Lipinski definition) is 1. The second-order valence-corrected chi connectivity index (χ2v) is 9.11. The number of nitrogens with zero attached hydrogens (tertiary/aromatic N) is 3. The first-order chi connectivity index (χ1) is 16.2. The zero-order valence-corrected chi connectivity index (χ0v) is 20.4. The summed E-state index contributed by atoms with van der Waals surface area (Å²) in [7, 11) is 0. The summed E-state index contributed by atoms with van der Waals surface area (Å²) in [6.07, 6.45) is 0.991. The van der Waals surface area contributed by atoms with Crippen LogP contribution in [0, 0.1) is 6.92 Å². The predicted molar refractivity (Wildman–Crippen MR) is 133 cm³/mol. The molecule has 6 heteroatoms. The summed E-state index contributed by atoms with van der Waals surface area (Å²) >= 11 is 0. The van der Waals surface area contributed by atoms with Crippen LogP contribution in [0.1, 0.15) is 44.7 Å². The van der Waals surface area contributed by atoms with Gasteiger partial charge in [0.2, 0.25) is 0 Å². The molecule has 1 aliphatic heterocycles. The number of imidazole rings is 1. The first-order valence-electron chi connectivity index (χ1n) is 11.5. The van der Waals surface area contributed by atoms with Gasteiger partial charge >= 0.3 is 0 Å². The minimum absolute atomic E-state index is 0.0738. The lowest BCUT2D eigenvalue weighted by atomic mass is 9.77. The Balaban J connectivity index is 1.72. The minimum atomic E-state index is -0.737. The van der Waals surface area contributed by atoms with Crippen LogP contribution in [0.25, 0.3) is 11.0 Å². The summed E-state index contributed by atoms with van der Waals surface area (Å²) < 4.78 is 1.93. The average molecular weight is 458 g/mol. The van der Waals surface area contributed by atoms with E-state index in [0.29, 0.717) is 17.7 Å². The summed E-state index contributed by atoms with van der Waals surface area (Å²) in [5.41, 5.74) is 6.57. The zero-order valence-electron chi connectivity index (χ0n) is 20.4. The molecule has 6 nitrogen and oxygen atoms in total. The van der Waals surface area contributed by atoms with Gasteiger partial charge in [0.05, 0.1) is 36.6 Å². The van der Waals surface area contributed by atoms with Crippen molar-refractivity contribution < 1.29 is 14.7 Å². The van der Waals surface area contributed by atoms with Crippen molar-refractivity contribution in [2.75, 3.05) is 6.54 Å². The molecule has 4 rings (SSSR count). The maximum Gasteiger partial charge on any atom is 0.158 e. The van der Waals surface area contributed by atoms with Crippen molar-refractivity contribution >= 4 is 22.6 Å². The van der Waals surface area contributed by atoms with Crippen molar-refractivity contribution in [2.45, 2.75) is 53.2 Å². The van der Waals surface area contributed by atoms with Crippen LogP contribution < -0.4 is 0 Å². The van der Waals surface area contributed by atoms with Gasteiger partial charge in [-0.2, -0.15) is 0 Å². The quantitative estimate of drug-likeness (QED) is 0.564. The smallest absolute Gasteiger partial charge is 0.158 e. The lowest BCUT2D eigenvalue weighted by molar-refractivity contribution is -0.114. The van der Waals surface area contributed by atoms with Gasteiger partial charge in [-0.15, -0.1) is 0 Å². The molecule has 2 heterocycles. The summed E-state index contributed by atoms with van der Waals surface area (Å²) in [5, 5.41) is 11.0. The highest BCUT2D eigenvalue weighted by molar-refractivity contribution is 6.03. The summed E-state index contributed by atoms with van der Waals surface area (Å²) in [6, 6.07) is 15.8. The number of carbonyl (C=O) groups excluding carboxylic acids is 2. The summed E-state index contributed by atoms with van der Waals surface area (Å²) in [6.45, 7) is 9.52. The van der Waals surface area contributed by atoms with Crippen LogP contribution in [0.3, 0.4) is 0 Å². The molecule has 0 bridgehead atoms. The van der Waals surface area contributed by atoms with E-state index in [9.17, 15) is 14.7 Å². The molecular weight excluding hydrogens is 426 g/mol. The number of Topliss-reactive ketones (excluding diaryl/α,β-unsaturated/α-hetero) is 2. The van der Waals surface area contributed by atoms with Crippen LogP contribution in [0.5, 0.6) is 0 Å². The molecular formula is C28H31N3O3. The van der Waals surface area contributed by atoms with Gasteiger partial charge in [0.1, 0.15) is 0 Å². The molecule has 0 aliphatic carbocycles. The van der Waals surface area contributed by atoms with Gasteiger partial charge < -0.3 is 14.6 Å². The van der Waals surface area contributed by atoms with E-state index in [1.807, 2.05) is 78.8 Å². The lowest BCUT2D eigenvalue weighted by Crippen LogP contribution is -2.38. The van der Waals surface area contributed by atoms with Crippen LogP contribution in [-0.2, 0) is 16.1 Å². The molecule has 1 aliphatic rings. The second-order valence-electron chi connectivity index (χ2n) is 9.11. The number of para-hydroxylation sites is 2. The Morgan fingerprint density at radius 3 is 2.21 bits per heavy atom. The van der Waals surface area contributed by atoms with E-state index in [0.717, 1.165) is 33.6 Å². The van der Waals surface area contributed by atoms with E-state index in [1.54, 1.807) is 20.2 Å². The molecule has 0 saturated carbocycles. The van der Waals surface area contributed by atoms with E-state index in [1.165, 1.54) is 0 Å². The average Bonchev–Trinajstić information content (AvgIpc) is 3.18. The fourth-order valence-electron chi connectivity index (χ4n) is 5.13. The molecule has 3 aromatic rings. The van der Waals surface area contributed by atoms with Crippen LogP contribution in [-0.4, -0.2) is 43.8 Å². The number of benzene rings is 2. The van der Waals surface area contributed by atoms with E-state index < -0.39 is 12.0 Å². The van der Waals surface area contributed by atoms with Crippen molar-refractivity contribution in [3.05, 3.63) is 88.5 Å². The number of allylic oxidation sites excluding steroid dienone is 4. The number of aliphatic hydroxyl groups is 1. The Labute approximate surface area is 200 Å². The SMILES string of the molecule is CC(=O)C1=C(C)N(CC(O)Cn2cnc3ccccc32)C(C)=C(C(C)=O)C1c1cccc(C)c1. The second kappa shape index (κ2) is 9.39. The number of aliphatic hydroxyl groups excluding tert-OH is 1. The molecule has 0 spiro atoms. The highest BCUT2D eigenvalue weighted by atomic mass is 16.3. The summed E-state index contributed by atoms with van der Waals surface area (Å²) in [5.74, 6) is -0.563. The lowest BCUT2D eigenvalue weighted by Gasteiger charge is -2.39. The number of ketones is 2. The van der Waals surface area contributed by atoms with Crippen molar-refractivity contribution in [3.63, 3.8) is 0 Å². The molecule has 1 aromatic heterocycles. The number of carbonyl (C=O) groups is 2. The maximum absolute atomic E-state index is 12.9. The topological polar surface area (TPSA) is 75.4 Å². The molecule has 0 radical (unpaired) electrons. The number of aryl methyl sites for hydroxylation is 1. The number of fused-ring (bicyclic) bond motifs is 1. The fourth-order valence-corrected chi connectivity index (χ4v) is 5.13. The van der Waals surface area contributed by atoms with Gasteiger partial charge in [-0.05, 0) is 52.3 Å². The van der Waals surface area contributed by atoms with Crippen molar-refractivity contribution in [1.29, 1.82) is 0 Å². The molecule has 1 atom stereocenters. The monoisotopic (exact) mass is 457 g/mol. The van der Waals surface area contributed by atoms with Crippen LogP contribution >= 0.6 is 0 Å². The Hall–Kier alpha value is -3.51. The van der Waals surface area contributed by atoms with Gasteiger partial charge in [-0.3, -0.25) is 9.59 Å².